The standard InChI is InChI=1S/C24H23F2N5O4/c25-19-5-4-18(14-20(19)26)31-8-6-22(32)21(28-31)13-16-2-1-3-17(12-16)30(24(34)35)11-10-29-9-7-27-23(33)15-29/h1-6,8,12,14H,7,9-11,13,15H2,(H,27,33)(H,34,35). The summed E-state index contributed by atoms with van der Waals surface area (Å²) in [6.45, 7) is 1.94. The lowest BCUT2D eigenvalue weighted by Crippen LogP contribution is -2.50. The fourth-order valence-electron chi connectivity index (χ4n) is 3.83. The molecule has 2 aromatic carbocycles. The van der Waals surface area contributed by atoms with Crippen LogP contribution in [-0.4, -0.2) is 64.5 Å². The summed E-state index contributed by atoms with van der Waals surface area (Å²) in [6.07, 6.45) is 0.334. The maximum absolute atomic E-state index is 13.6. The molecule has 0 unspecified atom stereocenters. The topological polar surface area (TPSA) is 108 Å². The number of piperazine rings is 1. The van der Waals surface area contributed by atoms with Gasteiger partial charge in [0.1, 0.15) is 5.69 Å². The second-order valence-electron chi connectivity index (χ2n) is 8.08. The summed E-state index contributed by atoms with van der Waals surface area (Å²) in [6, 6.07) is 11.3. The summed E-state index contributed by atoms with van der Waals surface area (Å²) >= 11 is 0. The predicted molar refractivity (Wildman–Crippen MR) is 124 cm³/mol. The van der Waals surface area contributed by atoms with Crippen LogP contribution in [0.5, 0.6) is 0 Å². The van der Waals surface area contributed by atoms with E-state index in [1.165, 1.54) is 27.9 Å². The molecule has 9 nitrogen and oxygen atoms in total. The van der Waals surface area contributed by atoms with Crippen molar-refractivity contribution in [2.45, 2.75) is 6.42 Å². The number of halogens is 2. The Morgan fingerprint density at radius 1 is 1.11 bits per heavy atom. The van der Waals surface area contributed by atoms with Gasteiger partial charge in [0.15, 0.2) is 11.6 Å². The highest BCUT2D eigenvalue weighted by atomic mass is 19.2. The molecule has 0 bridgehead atoms. The van der Waals surface area contributed by atoms with Gasteiger partial charge in [-0.2, -0.15) is 5.10 Å². The molecule has 1 saturated heterocycles. The van der Waals surface area contributed by atoms with Crippen molar-refractivity contribution in [3.63, 3.8) is 0 Å². The van der Waals surface area contributed by atoms with Gasteiger partial charge >= 0.3 is 6.09 Å². The van der Waals surface area contributed by atoms with Crippen molar-refractivity contribution in [1.82, 2.24) is 20.0 Å². The van der Waals surface area contributed by atoms with E-state index >= 15 is 0 Å². The molecular weight excluding hydrogens is 460 g/mol. The molecule has 2 N–H and O–H groups in total. The summed E-state index contributed by atoms with van der Waals surface area (Å²) in [7, 11) is 0. The first-order valence-corrected chi connectivity index (χ1v) is 10.9. The molecule has 0 aliphatic carbocycles. The van der Waals surface area contributed by atoms with E-state index < -0.39 is 17.7 Å². The third-order valence-corrected chi connectivity index (χ3v) is 5.63. The first kappa shape index (κ1) is 24.0. The maximum atomic E-state index is 13.6. The molecule has 2 heterocycles. The van der Waals surface area contributed by atoms with E-state index in [9.17, 15) is 28.3 Å². The number of aromatic nitrogens is 2. The van der Waals surface area contributed by atoms with Crippen LogP contribution in [0.25, 0.3) is 5.69 Å². The highest BCUT2D eigenvalue weighted by molar-refractivity contribution is 5.86. The number of carboxylic acid groups (broad SMARTS) is 1. The van der Waals surface area contributed by atoms with E-state index in [1.807, 2.05) is 4.90 Å². The van der Waals surface area contributed by atoms with Crippen molar-refractivity contribution in [2.75, 3.05) is 37.6 Å². The van der Waals surface area contributed by atoms with Gasteiger partial charge in [-0.15, -0.1) is 0 Å². The van der Waals surface area contributed by atoms with Crippen molar-refractivity contribution in [3.05, 3.63) is 87.8 Å². The van der Waals surface area contributed by atoms with Crippen LogP contribution in [0.3, 0.4) is 0 Å². The quantitative estimate of drug-likeness (QED) is 0.533. The van der Waals surface area contributed by atoms with E-state index in [0.717, 1.165) is 12.1 Å². The van der Waals surface area contributed by atoms with E-state index in [0.29, 0.717) is 30.9 Å². The summed E-state index contributed by atoms with van der Waals surface area (Å²) in [5, 5.41) is 16.7. The van der Waals surface area contributed by atoms with E-state index in [2.05, 4.69) is 10.4 Å². The van der Waals surface area contributed by atoms with Crippen LogP contribution in [0.2, 0.25) is 0 Å². The molecule has 0 saturated carbocycles. The van der Waals surface area contributed by atoms with Gasteiger partial charge in [-0.25, -0.2) is 18.3 Å². The minimum atomic E-state index is -1.14. The molecule has 3 aromatic rings. The van der Waals surface area contributed by atoms with Crippen molar-refractivity contribution in [3.8, 4) is 5.69 Å². The fraction of sp³-hybridized carbons (Fsp3) is 0.250. The van der Waals surface area contributed by atoms with Gasteiger partial charge in [-0.3, -0.25) is 19.4 Å². The van der Waals surface area contributed by atoms with Crippen molar-refractivity contribution in [2.24, 2.45) is 0 Å². The molecule has 1 aliphatic rings. The van der Waals surface area contributed by atoms with Gasteiger partial charge in [0.05, 0.1) is 12.2 Å². The van der Waals surface area contributed by atoms with Crippen molar-refractivity contribution < 1.29 is 23.5 Å². The van der Waals surface area contributed by atoms with Gasteiger partial charge < -0.3 is 10.4 Å². The molecule has 0 radical (unpaired) electrons. The van der Waals surface area contributed by atoms with Gasteiger partial charge in [0.2, 0.25) is 11.3 Å². The van der Waals surface area contributed by atoms with Gasteiger partial charge in [0, 0.05) is 56.6 Å². The number of benzene rings is 2. The van der Waals surface area contributed by atoms with Crippen LogP contribution >= 0.6 is 0 Å². The lowest BCUT2D eigenvalue weighted by atomic mass is 10.1. The van der Waals surface area contributed by atoms with E-state index in [4.69, 9.17) is 0 Å². The van der Waals surface area contributed by atoms with Crippen LogP contribution in [0.1, 0.15) is 11.3 Å². The predicted octanol–water partition coefficient (Wildman–Crippen LogP) is 2.02. The van der Waals surface area contributed by atoms with Crippen molar-refractivity contribution in [1.29, 1.82) is 0 Å². The number of nitrogens with zero attached hydrogens (tertiary/aromatic N) is 4. The second-order valence-corrected chi connectivity index (χ2v) is 8.08. The van der Waals surface area contributed by atoms with Gasteiger partial charge in [0.25, 0.3) is 0 Å². The Balaban J connectivity index is 1.53. The minimum Gasteiger partial charge on any atom is -0.465 e. The van der Waals surface area contributed by atoms with E-state index in [-0.39, 0.29) is 42.2 Å². The largest absolute Gasteiger partial charge is 0.465 e. The zero-order chi connectivity index (χ0) is 24.9. The van der Waals surface area contributed by atoms with Crippen molar-refractivity contribution >= 4 is 17.7 Å². The number of carbonyl (C=O) groups excluding carboxylic acids is 1. The zero-order valence-corrected chi connectivity index (χ0v) is 18.7. The minimum absolute atomic E-state index is 0.0930. The molecular formula is C24H23F2N5O4. The first-order chi connectivity index (χ1) is 16.8. The normalized spacial score (nSPS) is 13.9. The smallest absolute Gasteiger partial charge is 0.411 e. The molecule has 35 heavy (non-hydrogen) atoms. The Hall–Kier alpha value is -4.12. The SMILES string of the molecule is O=C1CN(CCN(C(=O)O)c2cccc(Cc3nn(-c4ccc(F)c(F)c4)ccc3=O)c2)CCN1. The Bertz CT molecular complexity index is 1310. The third kappa shape index (κ3) is 5.87. The highest BCUT2D eigenvalue weighted by Gasteiger charge is 2.20. The molecule has 4 rings (SSSR count). The fourth-order valence-corrected chi connectivity index (χ4v) is 3.83. The van der Waals surface area contributed by atoms with Gasteiger partial charge in [-0.05, 0) is 29.8 Å². The molecule has 1 fully saturated rings. The summed E-state index contributed by atoms with van der Waals surface area (Å²) in [4.78, 5) is 39.0. The molecule has 1 aromatic heterocycles. The number of hydrogen-bond donors (Lipinski definition) is 2. The average molecular weight is 483 g/mol. The highest BCUT2D eigenvalue weighted by Crippen LogP contribution is 2.19. The number of hydrogen-bond acceptors (Lipinski definition) is 5. The third-order valence-electron chi connectivity index (χ3n) is 5.63. The Morgan fingerprint density at radius 2 is 1.94 bits per heavy atom. The van der Waals surface area contributed by atoms with Gasteiger partial charge in [-0.1, -0.05) is 12.1 Å². The number of amides is 2. The van der Waals surface area contributed by atoms with Crippen LogP contribution < -0.4 is 15.6 Å². The molecule has 0 atom stereocenters. The Labute approximate surface area is 199 Å². The number of rotatable bonds is 7. The molecule has 182 valence electrons. The molecule has 2 amide bonds. The van der Waals surface area contributed by atoms with Crippen LogP contribution in [0.4, 0.5) is 19.3 Å². The molecule has 0 spiro atoms. The first-order valence-electron chi connectivity index (χ1n) is 10.9. The average Bonchev–Trinajstić information content (AvgIpc) is 2.82. The Kier molecular flexibility index (Phi) is 7.16. The lowest BCUT2D eigenvalue weighted by Gasteiger charge is -2.29. The van der Waals surface area contributed by atoms with Crippen LogP contribution in [0.15, 0.2) is 59.5 Å². The molecule has 11 heteroatoms. The second kappa shape index (κ2) is 10.4. The molecule has 1 aliphatic heterocycles. The monoisotopic (exact) mass is 483 g/mol. The summed E-state index contributed by atoms with van der Waals surface area (Å²) in [5.74, 6) is -2.11. The van der Waals surface area contributed by atoms with E-state index in [1.54, 1.807) is 24.3 Å². The summed E-state index contributed by atoms with van der Waals surface area (Å²) < 4.78 is 28.2. The number of anilines is 1. The Morgan fingerprint density at radius 3 is 2.69 bits per heavy atom. The summed E-state index contributed by atoms with van der Waals surface area (Å²) in [5.41, 5.74) is 1.15. The zero-order valence-electron chi connectivity index (χ0n) is 18.7. The van der Waals surface area contributed by atoms with Crippen LogP contribution in [-0.2, 0) is 11.2 Å². The number of carbonyl (C=O) groups is 2. The van der Waals surface area contributed by atoms with Crippen LogP contribution in [0, 0.1) is 11.6 Å². The lowest BCUT2D eigenvalue weighted by molar-refractivity contribution is -0.124. The number of nitrogens with one attached hydrogen (secondary N) is 1. The maximum Gasteiger partial charge on any atom is 0.411 e.